The van der Waals surface area contributed by atoms with Crippen LogP contribution < -0.4 is 10.6 Å². The fourth-order valence-corrected chi connectivity index (χ4v) is 2.99. The molecule has 1 aliphatic heterocycles. The Balaban J connectivity index is 2.48. The molecule has 0 fully saturated rings. The maximum absolute atomic E-state index is 12.6. The third-order valence-electron chi connectivity index (χ3n) is 4.27. The van der Waals surface area contributed by atoms with Crippen LogP contribution in [0.1, 0.15) is 54.0 Å². The van der Waals surface area contributed by atoms with Gasteiger partial charge in [0, 0.05) is 11.3 Å². The fourth-order valence-electron chi connectivity index (χ4n) is 2.99. The van der Waals surface area contributed by atoms with E-state index in [2.05, 4.69) is 10.6 Å². The molecule has 1 aromatic carbocycles. The number of para-hydroxylation sites is 1. The zero-order valence-corrected chi connectivity index (χ0v) is 17.3. The lowest BCUT2D eigenvalue weighted by Gasteiger charge is -2.27. The van der Waals surface area contributed by atoms with E-state index >= 15 is 0 Å². The molecule has 6 nitrogen and oxygen atoms in total. The van der Waals surface area contributed by atoms with Crippen LogP contribution in [0.4, 0.5) is 10.5 Å². The van der Waals surface area contributed by atoms with Crippen LogP contribution in [0.5, 0.6) is 0 Å². The topological polar surface area (TPSA) is 79.8 Å². The van der Waals surface area contributed by atoms with Crippen molar-refractivity contribution in [2.75, 3.05) is 5.32 Å². The van der Waals surface area contributed by atoms with E-state index in [-0.39, 0.29) is 23.8 Å². The van der Waals surface area contributed by atoms with Gasteiger partial charge in [0.25, 0.3) is 0 Å². The van der Waals surface area contributed by atoms with E-state index in [1.807, 2.05) is 72.7 Å². The van der Waals surface area contributed by atoms with Crippen LogP contribution in [0, 0.1) is 11.8 Å². The number of rotatable bonds is 4. The summed E-state index contributed by atoms with van der Waals surface area (Å²) >= 11 is 0. The molecule has 0 bridgehead atoms. The number of anilines is 1. The Morgan fingerprint density at radius 2 is 1.81 bits per heavy atom. The van der Waals surface area contributed by atoms with Crippen molar-refractivity contribution in [2.24, 2.45) is 16.8 Å². The summed E-state index contributed by atoms with van der Waals surface area (Å²) in [6.45, 7) is 13.4. The standard InChI is InChI=1S/C21H31N3O3/c1-12(2)16(24-20(26)27-21(5,6)7)18-14-10-8-9-11-15(14)22-19(25)17(23-18)13(3)4/h8-13,16-17H,1-7H3,(H,22,25)(H,24,26)/t16-,17-/m0/s1. The average molecular weight is 373 g/mol. The minimum absolute atomic E-state index is 0.0312. The summed E-state index contributed by atoms with van der Waals surface area (Å²) in [5.74, 6) is -0.0405. The van der Waals surface area contributed by atoms with Crippen molar-refractivity contribution in [1.29, 1.82) is 0 Å². The summed E-state index contributed by atoms with van der Waals surface area (Å²) in [6, 6.07) is 6.66. The number of fused-ring (bicyclic) bond motifs is 1. The molecular formula is C21H31N3O3. The first-order valence-electron chi connectivity index (χ1n) is 9.47. The lowest BCUT2D eigenvalue weighted by Crippen LogP contribution is -2.47. The van der Waals surface area contributed by atoms with Crippen LogP contribution in [0.3, 0.4) is 0 Å². The molecular weight excluding hydrogens is 342 g/mol. The molecule has 0 saturated carbocycles. The number of hydrogen-bond acceptors (Lipinski definition) is 4. The monoisotopic (exact) mass is 373 g/mol. The van der Waals surface area contributed by atoms with Crippen LogP contribution in [-0.2, 0) is 9.53 Å². The molecule has 2 atom stereocenters. The molecule has 0 aromatic heterocycles. The quantitative estimate of drug-likeness (QED) is 0.837. The van der Waals surface area contributed by atoms with Gasteiger partial charge in [-0.15, -0.1) is 0 Å². The Hall–Kier alpha value is -2.37. The van der Waals surface area contributed by atoms with Crippen molar-refractivity contribution in [2.45, 2.75) is 66.2 Å². The summed E-state index contributed by atoms with van der Waals surface area (Å²) < 4.78 is 5.44. The molecule has 0 unspecified atom stereocenters. The number of amides is 2. The Bertz CT molecular complexity index is 732. The van der Waals surface area contributed by atoms with E-state index in [4.69, 9.17) is 9.73 Å². The maximum Gasteiger partial charge on any atom is 0.408 e. The van der Waals surface area contributed by atoms with Gasteiger partial charge in [-0.2, -0.15) is 0 Å². The molecule has 2 N–H and O–H groups in total. The van der Waals surface area contributed by atoms with Crippen LogP contribution in [0.25, 0.3) is 0 Å². The third kappa shape index (κ3) is 5.31. The van der Waals surface area contributed by atoms with Gasteiger partial charge in [0.15, 0.2) is 0 Å². The van der Waals surface area contributed by atoms with Crippen molar-refractivity contribution in [3.8, 4) is 0 Å². The second kappa shape index (κ2) is 8.11. The van der Waals surface area contributed by atoms with Gasteiger partial charge in [0.05, 0.1) is 11.8 Å². The Morgan fingerprint density at radius 1 is 1.19 bits per heavy atom. The van der Waals surface area contributed by atoms with Crippen molar-refractivity contribution in [3.05, 3.63) is 29.8 Å². The van der Waals surface area contributed by atoms with Crippen molar-refractivity contribution >= 4 is 23.4 Å². The van der Waals surface area contributed by atoms with Crippen molar-refractivity contribution < 1.29 is 14.3 Å². The largest absolute Gasteiger partial charge is 0.444 e. The molecule has 2 amide bonds. The second-order valence-corrected chi connectivity index (χ2v) is 8.61. The molecule has 1 heterocycles. The first kappa shape index (κ1) is 20.9. The van der Waals surface area contributed by atoms with Gasteiger partial charge in [0.1, 0.15) is 11.6 Å². The SMILES string of the molecule is CC(C)[C@@H]1N=C([C@@H](NC(=O)OC(C)(C)C)C(C)C)c2ccccc2NC1=O. The Kier molecular flexibility index (Phi) is 6.29. The first-order chi connectivity index (χ1) is 12.5. The van der Waals surface area contributed by atoms with Gasteiger partial charge in [-0.3, -0.25) is 9.79 Å². The van der Waals surface area contributed by atoms with E-state index in [1.165, 1.54) is 0 Å². The highest BCUT2D eigenvalue weighted by Gasteiger charge is 2.33. The molecule has 0 radical (unpaired) electrons. The minimum atomic E-state index is -0.591. The van der Waals surface area contributed by atoms with Crippen LogP contribution in [-0.4, -0.2) is 35.4 Å². The lowest BCUT2D eigenvalue weighted by molar-refractivity contribution is -0.118. The maximum atomic E-state index is 12.6. The summed E-state index contributed by atoms with van der Waals surface area (Å²) in [4.78, 5) is 29.9. The fraction of sp³-hybridized carbons (Fsp3) is 0.571. The number of nitrogens with one attached hydrogen (secondary N) is 2. The van der Waals surface area contributed by atoms with Crippen LogP contribution in [0.2, 0.25) is 0 Å². The number of ether oxygens (including phenoxy) is 1. The predicted octanol–water partition coefficient (Wildman–Crippen LogP) is 4.00. The number of aliphatic imine (C=N–C) groups is 1. The van der Waals surface area contributed by atoms with Gasteiger partial charge >= 0.3 is 6.09 Å². The van der Waals surface area contributed by atoms with Gasteiger partial charge in [0.2, 0.25) is 5.91 Å². The van der Waals surface area contributed by atoms with Crippen LogP contribution >= 0.6 is 0 Å². The zero-order valence-electron chi connectivity index (χ0n) is 17.3. The highest BCUT2D eigenvalue weighted by Crippen LogP contribution is 2.26. The molecule has 0 aliphatic carbocycles. The smallest absolute Gasteiger partial charge is 0.408 e. The normalized spacial score (nSPS) is 18.3. The molecule has 2 rings (SSSR count). The van der Waals surface area contributed by atoms with Gasteiger partial charge < -0.3 is 15.4 Å². The highest BCUT2D eigenvalue weighted by atomic mass is 16.6. The average Bonchev–Trinajstić information content (AvgIpc) is 2.67. The molecule has 27 heavy (non-hydrogen) atoms. The number of hydrogen-bond donors (Lipinski definition) is 2. The number of benzene rings is 1. The molecule has 148 valence electrons. The minimum Gasteiger partial charge on any atom is -0.444 e. The second-order valence-electron chi connectivity index (χ2n) is 8.61. The predicted molar refractivity (Wildman–Crippen MR) is 108 cm³/mol. The first-order valence-corrected chi connectivity index (χ1v) is 9.47. The highest BCUT2D eigenvalue weighted by molar-refractivity contribution is 6.14. The summed E-state index contributed by atoms with van der Waals surface area (Å²) in [7, 11) is 0. The van der Waals surface area contributed by atoms with Gasteiger partial charge in [-0.25, -0.2) is 4.79 Å². The number of nitrogens with zero attached hydrogens (tertiary/aromatic N) is 1. The molecule has 1 aromatic rings. The number of alkyl carbamates (subject to hydrolysis) is 1. The molecule has 0 saturated heterocycles. The van der Waals surface area contributed by atoms with E-state index in [0.29, 0.717) is 11.4 Å². The van der Waals surface area contributed by atoms with Crippen LogP contribution in [0.15, 0.2) is 29.3 Å². The van der Waals surface area contributed by atoms with E-state index in [0.717, 1.165) is 5.56 Å². The molecule has 1 aliphatic rings. The van der Waals surface area contributed by atoms with E-state index in [9.17, 15) is 9.59 Å². The Morgan fingerprint density at radius 3 is 2.37 bits per heavy atom. The summed E-state index contributed by atoms with van der Waals surface area (Å²) in [5.41, 5.74) is 1.64. The molecule has 0 spiro atoms. The summed E-state index contributed by atoms with van der Waals surface area (Å²) in [6.07, 6.45) is -0.494. The Labute approximate surface area is 161 Å². The number of carbonyl (C=O) groups is 2. The summed E-state index contributed by atoms with van der Waals surface area (Å²) in [5, 5.41) is 5.93. The van der Waals surface area contributed by atoms with E-state index < -0.39 is 17.7 Å². The van der Waals surface area contributed by atoms with Crippen molar-refractivity contribution in [3.63, 3.8) is 0 Å². The van der Waals surface area contributed by atoms with Gasteiger partial charge in [-0.1, -0.05) is 45.9 Å². The third-order valence-corrected chi connectivity index (χ3v) is 4.27. The zero-order chi connectivity index (χ0) is 20.4. The number of carbonyl (C=O) groups excluding carboxylic acids is 2. The number of benzodiazepines with no additional fused rings is 1. The van der Waals surface area contributed by atoms with Crippen molar-refractivity contribution in [1.82, 2.24) is 5.32 Å². The van der Waals surface area contributed by atoms with Gasteiger partial charge in [-0.05, 0) is 38.7 Å². The lowest BCUT2D eigenvalue weighted by atomic mass is 9.93. The van der Waals surface area contributed by atoms with E-state index in [1.54, 1.807) is 0 Å². The molecule has 6 heteroatoms.